The molecule has 0 bridgehead atoms. The molecule has 1 atom stereocenters. The summed E-state index contributed by atoms with van der Waals surface area (Å²) >= 11 is 0. The Morgan fingerprint density at radius 1 is 1.17 bits per heavy atom. The first kappa shape index (κ1) is 13.4. The van der Waals surface area contributed by atoms with Crippen LogP contribution in [0.4, 0.5) is 0 Å². The average Bonchev–Trinajstić information content (AvgIpc) is 2.68. The molecule has 0 aliphatic carbocycles. The fraction of sp³-hybridized carbons (Fsp3) is 0.600. The van der Waals surface area contributed by atoms with Crippen LogP contribution in [0.1, 0.15) is 25.7 Å². The van der Waals surface area contributed by atoms with Crippen molar-refractivity contribution in [3.8, 4) is 5.75 Å². The van der Waals surface area contributed by atoms with E-state index in [1.54, 1.807) is 0 Å². The third-order valence-electron chi connectivity index (χ3n) is 3.34. The highest BCUT2D eigenvalue weighted by molar-refractivity contribution is 5.20. The van der Waals surface area contributed by atoms with E-state index in [1.165, 1.54) is 25.8 Å². The molecule has 1 aliphatic rings. The number of nitrogens with one attached hydrogen (secondary N) is 2. The standard InChI is InChI=1S/C15H24N2O/c1-2-7-15(8-3-1)18-13-5-11-17-14-6-4-10-16-12-9-14/h1-3,7-8,14,16-17H,4-6,9-13H2. The van der Waals surface area contributed by atoms with Gasteiger partial charge in [-0.2, -0.15) is 0 Å². The van der Waals surface area contributed by atoms with Crippen molar-refractivity contribution in [3.63, 3.8) is 0 Å². The van der Waals surface area contributed by atoms with E-state index in [4.69, 9.17) is 4.74 Å². The number of para-hydroxylation sites is 1. The van der Waals surface area contributed by atoms with Gasteiger partial charge in [-0.25, -0.2) is 0 Å². The molecule has 100 valence electrons. The summed E-state index contributed by atoms with van der Waals surface area (Å²) in [6.07, 6.45) is 4.91. The van der Waals surface area contributed by atoms with E-state index in [0.29, 0.717) is 6.04 Å². The van der Waals surface area contributed by atoms with Crippen LogP contribution in [0, 0.1) is 0 Å². The van der Waals surface area contributed by atoms with Crippen molar-refractivity contribution in [2.45, 2.75) is 31.7 Å². The van der Waals surface area contributed by atoms with Crippen LogP contribution in [0.5, 0.6) is 5.75 Å². The van der Waals surface area contributed by atoms with Crippen LogP contribution >= 0.6 is 0 Å². The zero-order valence-electron chi connectivity index (χ0n) is 11.0. The Bertz CT molecular complexity index is 308. The van der Waals surface area contributed by atoms with E-state index in [1.807, 2.05) is 30.3 Å². The highest BCUT2D eigenvalue weighted by Crippen LogP contribution is 2.08. The quantitative estimate of drug-likeness (QED) is 0.757. The summed E-state index contributed by atoms with van der Waals surface area (Å²) in [4.78, 5) is 0. The molecule has 0 radical (unpaired) electrons. The summed E-state index contributed by atoms with van der Waals surface area (Å²) < 4.78 is 5.67. The first-order valence-corrected chi connectivity index (χ1v) is 7.07. The molecule has 0 saturated carbocycles. The highest BCUT2D eigenvalue weighted by Gasteiger charge is 2.10. The Balaban J connectivity index is 1.53. The maximum absolute atomic E-state index is 5.67. The molecule has 1 fully saturated rings. The number of benzene rings is 1. The van der Waals surface area contributed by atoms with Crippen LogP contribution in [0.2, 0.25) is 0 Å². The van der Waals surface area contributed by atoms with E-state index in [9.17, 15) is 0 Å². The van der Waals surface area contributed by atoms with Gasteiger partial charge in [0.1, 0.15) is 5.75 Å². The lowest BCUT2D eigenvalue weighted by molar-refractivity contribution is 0.303. The molecule has 0 amide bonds. The average molecular weight is 248 g/mol. The van der Waals surface area contributed by atoms with E-state index >= 15 is 0 Å². The maximum atomic E-state index is 5.67. The second-order valence-electron chi connectivity index (χ2n) is 4.85. The summed E-state index contributed by atoms with van der Waals surface area (Å²) in [5.74, 6) is 0.969. The predicted octanol–water partition coefficient (Wildman–Crippen LogP) is 2.19. The molecule has 18 heavy (non-hydrogen) atoms. The van der Waals surface area contributed by atoms with E-state index in [-0.39, 0.29) is 0 Å². The van der Waals surface area contributed by atoms with Crippen molar-refractivity contribution in [2.75, 3.05) is 26.2 Å². The zero-order chi connectivity index (χ0) is 12.5. The summed E-state index contributed by atoms with van der Waals surface area (Å²) in [6, 6.07) is 10.7. The van der Waals surface area contributed by atoms with E-state index < -0.39 is 0 Å². The lowest BCUT2D eigenvalue weighted by atomic mass is 10.1. The van der Waals surface area contributed by atoms with Crippen molar-refractivity contribution in [1.29, 1.82) is 0 Å². The third kappa shape index (κ3) is 5.07. The topological polar surface area (TPSA) is 33.3 Å². The lowest BCUT2D eigenvalue weighted by Crippen LogP contribution is -2.31. The Hall–Kier alpha value is -1.06. The van der Waals surface area contributed by atoms with E-state index in [0.717, 1.165) is 31.9 Å². The molecule has 1 aromatic rings. The Morgan fingerprint density at radius 2 is 2.06 bits per heavy atom. The van der Waals surface area contributed by atoms with E-state index in [2.05, 4.69) is 10.6 Å². The van der Waals surface area contributed by atoms with Gasteiger partial charge in [-0.05, 0) is 57.5 Å². The van der Waals surface area contributed by atoms with Gasteiger partial charge in [0.2, 0.25) is 0 Å². The molecular weight excluding hydrogens is 224 g/mol. The Labute approximate surface area is 110 Å². The highest BCUT2D eigenvalue weighted by atomic mass is 16.5. The van der Waals surface area contributed by atoms with Crippen molar-refractivity contribution >= 4 is 0 Å². The van der Waals surface area contributed by atoms with Gasteiger partial charge in [-0.1, -0.05) is 18.2 Å². The largest absolute Gasteiger partial charge is 0.494 e. The molecule has 2 rings (SSSR count). The molecule has 1 aliphatic heterocycles. The first-order chi connectivity index (χ1) is 8.95. The minimum absolute atomic E-state index is 0.691. The summed E-state index contributed by atoms with van der Waals surface area (Å²) in [5.41, 5.74) is 0. The number of hydrogen-bond donors (Lipinski definition) is 2. The van der Waals surface area contributed by atoms with Gasteiger partial charge in [0.05, 0.1) is 6.61 Å². The van der Waals surface area contributed by atoms with Crippen LogP contribution < -0.4 is 15.4 Å². The minimum Gasteiger partial charge on any atom is -0.494 e. The van der Waals surface area contributed by atoms with Gasteiger partial charge < -0.3 is 15.4 Å². The molecule has 1 saturated heterocycles. The summed E-state index contributed by atoms with van der Waals surface area (Å²) in [7, 11) is 0. The Morgan fingerprint density at radius 3 is 2.94 bits per heavy atom. The maximum Gasteiger partial charge on any atom is 0.119 e. The molecule has 3 heteroatoms. The lowest BCUT2D eigenvalue weighted by Gasteiger charge is -2.15. The van der Waals surface area contributed by atoms with Gasteiger partial charge in [0, 0.05) is 6.04 Å². The predicted molar refractivity (Wildman–Crippen MR) is 75.1 cm³/mol. The normalized spacial score (nSPS) is 20.3. The molecule has 0 spiro atoms. The summed E-state index contributed by atoms with van der Waals surface area (Å²) in [6.45, 7) is 4.17. The minimum atomic E-state index is 0.691. The molecule has 2 N–H and O–H groups in total. The Kier molecular flexibility index (Phi) is 6.03. The van der Waals surface area contributed by atoms with Crippen molar-refractivity contribution in [2.24, 2.45) is 0 Å². The second kappa shape index (κ2) is 8.11. The van der Waals surface area contributed by atoms with Gasteiger partial charge >= 0.3 is 0 Å². The fourth-order valence-corrected chi connectivity index (χ4v) is 2.31. The first-order valence-electron chi connectivity index (χ1n) is 7.07. The SMILES string of the molecule is c1ccc(OCCCNC2CCCNCC2)cc1. The van der Waals surface area contributed by atoms with Gasteiger partial charge in [-0.3, -0.25) is 0 Å². The van der Waals surface area contributed by atoms with Crippen LogP contribution in [-0.4, -0.2) is 32.3 Å². The van der Waals surface area contributed by atoms with Crippen LogP contribution in [-0.2, 0) is 0 Å². The van der Waals surface area contributed by atoms with Crippen molar-refractivity contribution in [1.82, 2.24) is 10.6 Å². The monoisotopic (exact) mass is 248 g/mol. The van der Waals surface area contributed by atoms with Gasteiger partial charge in [-0.15, -0.1) is 0 Å². The number of hydrogen-bond acceptors (Lipinski definition) is 3. The molecular formula is C15H24N2O. The molecule has 3 nitrogen and oxygen atoms in total. The molecule has 1 heterocycles. The third-order valence-corrected chi connectivity index (χ3v) is 3.34. The van der Waals surface area contributed by atoms with Gasteiger partial charge in [0.25, 0.3) is 0 Å². The van der Waals surface area contributed by atoms with Crippen LogP contribution in [0.3, 0.4) is 0 Å². The molecule has 1 unspecified atom stereocenters. The number of rotatable bonds is 6. The van der Waals surface area contributed by atoms with Crippen molar-refractivity contribution in [3.05, 3.63) is 30.3 Å². The number of ether oxygens (including phenoxy) is 1. The molecule has 1 aromatic carbocycles. The summed E-state index contributed by atoms with van der Waals surface area (Å²) in [5, 5.41) is 7.06. The van der Waals surface area contributed by atoms with Gasteiger partial charge in [0.15, 0.2) is 0 Å². The van der Waals surface area contributed by atoms with Crippen LogP contribution in [0.15, 0.2) is 30.3 Å². The fourth-order valence-electron chi connectivity index (χ4n) is 2.31. The zero-order valence-corrected chi connectivity index (χ0v) is 11.0. The van der Waals surface area contributed by atoms with Crippen LogP contribution in [0.25, 0.3) is 0 Å². The second-order valence-corrected chi connectivity index (χ2v) is 4.85. The van der Waals surface area contributed by atoms with Crippen molar-refractivity contribution < 1.29 is 4.74 Å². The smallest absolute Gasteiger partial charge is 0.119 e. The molecule has 0 aromatic heterocycles.